The van der Waals surface area contributed by atoms with Crippen molar-refractivity contribution in [2.45, 2.75) is 27.0 Å². The number of fused-ring (bicyclic) bond motifs is 1. The Morgan fingerprint density at radius 3 is 2.53 bits per heavy atom. The lowest BCUT2D eigenvalue weighted by molar-refractivity contribution is -0.116. The monoisotopic (exact) mass is 447 g/mol. The summed E-state index contributed by atoms with van der Waals surface area (Å²) in [5.74, 6) is -0.837. The maximum atomic E-state index is 13.0. The molecule has 32 heavy (non-hydrogen) atoms. The van der Waals surface area contributed by atoms with Gasteiger partial charge in [-0.25, -0.2) is 9.78 Å². The molecular weight excluding hydrogens is 426 g/mol. The highest BCUT2D eigenvalue weighted by Crippen LogP contribution is 2.27. The number of aromatic nitrogens is 2. The molecule has 162 valence electrons. The second-order valence-corrected chi connectivity index (χ2v) is 8.34. The predicted octanol–water partition coefficient (Wildman–Crippen LogP) is 4.07. The Bertz CT molecular complexity index is 1360. The van der Waals surface area contributed by atoms with Crippen LogP contribution < -0.4 is 10.9 Å². The molecule has 0 atom stereocenters. The number of hydrogen-bond donors (Lipinski definition) is 1. The van der Waals surface area contributed by atoms with E-state index in [-0.39, 0.29) is 24.6 Å². The number of anilines is 1. The molecule has 4 aromatic rings. The Morgan fingerprint density at radius 2 is 1.78 bits per heavy atom. The molecule has 0 fully saturated rings. The molecule has 0 bridgehead atoms. The van der Waals surface area contributed by atoms with Crippen LogP contribution in [0.5, 0.6) is 0 Å². The molecule has 4 rings (SSSR count). The lowest BCUT2D eigenvalue weighted by atomic mass is 10.2. The number of hydrogen-bond acceptors (Lipinski definition) is 6. The number of rotatable bonds is 6. The van der Waals surface area contributed by atoms with E-state index in [0.717, 1.165) is 22.5 Å². The summed E-state index contributed by atoms with van der Waals surface area (Å²) in [6.07, 6.45) is 1.33. The third kappa shape index (κ3) is 4.45. The van der Waals surface area contributed by atoms with Crippen molar-refractivity contribution < 1.29 is 14.3 Å². The standard InChI is InChI=1S/C24H21N3O4S/c1-15-8-6-7-11-18(15)26-19(28)12-27-14-25-22-20(23(27)29)16(2)21(32-22)24(30)31-13-17-9-4-3-5-10-17/h3-11,14H,12-13H2,1-2H3,(H,26,28). The summed E-state index contributed by atoms with van der Waals surface area (Å²) in [5, 5.41) is 3.13. The van der Waals surface area contributed by atoms with Gasteiger partial charge in [-0.05, 0) is 36.6 Å². The summed E-state index contributed by atoms with van der Waals surface area (Å²) in [6, 6.07) is 16.8. The summed E-state index contributed by atoms with van der Waals surface area (Å²) in [6.45, 7) is 3.55. The molecule has 1 N–H and O–H groups in total. The summed E-state index contributed by atoms with van der Waals surface area (Å²) in [4.78, 5) is 43.2. The van der Waals surface area contributed by atoms with Gasteiger partial charge in [0.15, 0.2) is 0 Å². The van der Waals surface area contributed by atoms with Crippen LogP contribution in [0.1, 0.15) is 26.4 Å². The van der Waals surface area contributed by atoms with Gasteiger partial charge >= 0.3 is 5.97 Å². The van der Waals surface area contributed by atoms with Gasteiger partial charge in [0.05, 0.1) is 11.7 Å². The first kappa shape index (κ1) is 21.5. The van der Waals surface area contributed by atoms with Gasteiger partial charge in [-0.1, -0.05) is 48.5 Å². The maximum absolute atomic E-state index is 13.0. The highest BCUT2D eigenvalue weighted by molar-refractivity contribution is 7.20. The first-order valence-corrected chi connectivity index (χ1v) is 10.8. The molecule has 2 aromatic heterocycles. The van der Waals surface area contributed by atoms with Gasteiger partial charge in [-0.15, -0.1) is 11.3 Å². The van der Waals surface area contributed by atoms with Crippen LogP contribution in [0.25, 0.3) is 10.2 Å². The van der Waals surface area contributed by atoms with Crippen molar-refractivity contribution in [1.82, 2.24) is 9.55 Å². The van der Waals surface area contributed by atoms with Crippen LogP contribution in [0.15, 0.2) is 65.7 Å². The average molecular weight is 448 g/mol. The first-order chi connectivity index (χ1) is 15.4. The maximum Gasteiger partial charge on any atom is 0.349 e. The number of nitrogens with one attached hydrogen (secondary N) is 1. The van der Waals surface area contributed by atoms with E-state index < -0.39 is 5.97 Å². The van der Waals surface area contributed by atoms with Gasteiger partial charge in [-0.3, -0.25) is 14.2 Å². The van der Waals surface area contributed by atoms with Gasteiger partial charge in [-0.2, -0.15) is 0 Å². The van der Waals surface area contributed by atoms with Crippen molar-refractivity contribution in [3.05, 3.63) is 92.8 Å². The molecule has 0 saturated carbocycles. The van der Waals surface area contributed by atoms with Crippen molar-refractivity contribution in [2.75, 3.05) is 5.32 Å². The predicted molar refractivity (Wildman–Crippen MR) is 124 cm³/mol. The van der Waals surface area contributed by atoms with Crippen LogP contribution in [-0.2, 0) is 22.7 Å². The van der Waals surface area contributed by atoms with E-state index in [9.17, 15) is 14.4 Å². The topological polar surface area (TPSA) is 90.3 Å². The largest absolute Gasteiger partial charge is 0.457 e. The van der Waals surface area contributed by atoms with Crippen LogP contribution in [0, 0.1) is 13.8 Å². The molecule has 2 aromatic carbocycles. The second kappa shape index (κ2) is 9.15. The Morgan fingerprint density at radius 1 is 1.06 bits per heavy atom. The molecule has 1 amide bonds. The number of para-hydroxylation sites is 1. The zero-order chi connectivity index (χ0) is 22.7. The number of ether oxygens (including phenoxy) is 1. The number of carbonyl (C=O) groups excluding carboxylic acids is 2. The normalized spacial score (nSPS) is 10.8. The third-order valence-electron chi connectivity index (χ3n) is 5.05. The third-order valence-corrected chi connectivity index (χ3v) is 6.23. The van der Waals surface area contributed by atoms with Crippen LogP contribution >= 0.6 is 11.3 Å². The number of carbonyl (C=O) groups is 2. The summed E-state index contributed by atoms with van der Waals surface area (Å²) >= 11 is 1.11. The summed E-state index contributed by atoms with van der Waals surface area (Å²) in [7, 11) is 0. The zero-order valence-electron chi connectivity index (χ0n) is 17.6. The number of nitrogens with zero attached hydrogens (tertiary/aromatic N) is 2. The number of thiophene rings is 1. The van der Waals surface area contributed by atoms with Crippen molar-refractivity contribution >= 4 is 39.1 Å². The zero-order valence-corrected chi connectivity index (χ0v) is 18.4. The Balaban J connectivity index is 1.54. The SMILES string of the molecule is Cc1ccccc1NC(=O)Cn1cnc2sc(C(=O)OCc3ccccc3)c(C)c2c1=O. The second-order valence-electron chi connectivity index (χ2n) is 7.34. The van der Waals surface area contributed by atoms with E-state index in [0.29, 0.717) is 26.3 Å². The van der Waals surface area contributed by atoms with E-state index in [1.54, 1.807) is 13.0 Å². The van der Waals surface area contributed by atoms with Crippen LogP contribution in [-0.4, -0.2) is 21.4 Å². The number of aryl methyl sites for hydroxylation is 2. The van der Waals surface area contributed by atoms with Gasteiger partial charge < -0.3 is 10.1 Å². The number of benzene rings is 2. The highest BCUT2D eigenvalue weighted by atomic mass is 32.1. The Hall–Kier alpha value is -3.78. The van der Waals surface area contributed by atoms with Crippen molar-refractivity contribution in [3.63, 3.8) is 0 Å². The minimum atomic E-state index is -0.502. The van der Waals surface area contributed by atoms with E-state index >= 15 is 0 Å². The minimum absolute atomic E-state index is 0.143. The van der Waals surface area contributed by atoms with Crippen LogP contribution in [0.4, 0.5) is 5.69 Å². The van der Waals surface area contributed by atoms with E-state index in [1.165, 1.54) is 10.9 Å². The summed E-state index contributed by atoms with van der Waals surface area (Å²) < 4.78 is 6.65. The van der Waals surface area contributed by atoms with Crippen molar-refractivity contribution in [2.24, 2.45) is 0 Å². The molecule has 0 aliphatic rings. The number of amides is 1. The van der Waals surface area contributed by atoms with Gasteiger partial charge in [0, 0.05) is 5.69 Å². The summed E-state index contributed by atoms with van der Waals surface area (Å²) in [5.41, 5.74) is 2.63. The van der Waals surface area contributed by atoms with Crippen molar-refractivity contribution in [3.8, 4) is 0 Å². The Labute approximate surface area is 188 Å². The molecule has 0 unspecified atom stereocenters. The molecule has 0 saturated heterocycles. The van der Waals surface area contributed by atoms with E-state index in [2.05, 4.69) is 10.3 Å². The fraction of sp³-hybridized carbons (Fsp3) is 0.167. The molecule has 0 radical (unpaired) electrons. The quantitative estimate of drug-likeness (QED) is 0.450. The van der Waals surface area contributed by atoms with Gasteiger partial charge in [0.25, 0.3) is 5.56 Å². The lowest BCUT2D eigenvalue weighted by Crippen LogP contribution is -2.28. The molecule has 8 heteroatoms. The van der Waals surface area contributed by atoms with E-state index in [4.69, 9.17) is 4.74 Å². The molecule has 0 spiro atoms. The fourth-order valence-electron chi connectivity index (χ4n) is 3.31. The molecular formula is C24H21N3O4S. The molecule has 7 nitrogen and oxygen atoms in total. The van der Waals surface area contributed by atoms with Crippen LogP contribution in [0.2, 0.25) is 0 Å². The smallest absolute Gasteiger partial charge is 0.349 e. The van der Waals surface area contributed by atoms with E-state index in [1.807, 2.05) is 55.5 Å². The first-order valence-electron chi connectivity index (χ1n) is 9.99. The average Bonchev–Trinajstić information content (AvgIpc) is 3.13. The molecule has 0 aliphatic carbocycles. The number of esters is 1. The van der Waals surface area contributed by atoms with Gasteiger partial charge in [0.2, 0.25) is 5.91 Å². The fourth-order valence-corrected chi connectivity index (χ4v) is 4.35. The molecule has 0 aliphatic heterocycles. The molecule has 2 heterocycles. The van der Waals surface area contributed by atoms with Gasteiger partial charge in [0.1, 0.15) is 22.9 Å². The minimum Gasteiger partial charge on any atom is -0.457 e. The Kier molecular flexibility index (Phi) is 6.13. The van der Waals surface area contributed by atoms with Crippen LogP contribution in [0.3, 0.4) is 0 Å². The highest BCUT2D eigenvalue weighted by Gasteiger charge is 2.21. The van der Waals surface area contributed by atoms with Crippen molar-refractivity contribution in [1.29, 1.82) is 0 Å². The lowest BCUT2D eigenvalue weighted by Gasteiger charge is -2.09.